The molecular formula is C19H23N3O5S. The van der Waals surface area contributed by atoms with Crippen LogP contribution in [0.5, 0.6) is 0 Å². The van der Waals surface area contributed by atoms with Gasteiger partial charge in [0.25, 0.3) is 15.7 Å². The number of hydrogen-bond acceptors (Lipinski definition) is 5. The number of amides is 1. The molecule has 150 valence electrons. The third-order valence-electron chi connectivity index (χ3n) is 4.16. The number of nitro groups is 1. The summed E-state index contributed by atoms with van der Waals surface area (Å²) in [6.07, 6.45) is 0. The average molecular weight is 405 g/mol. The van der Waals surface area contributed by atoms with Crippen LogP contribution in [0.2, 0.25) is 0 Å². The van der Waals surface area contributed by atoms with Crippen molar-refractivity contribution in [1.82, 2.24) is 0 Å². The minimum Gasteiger partial charge on any atom is -0.326 e. The number of nitrogens with one attached hydrogen (secondary N) is 2. The summed E-state index contributed by atoms with van der Waals surface area (Å²) in [5, 5.41) is 13.8. The van der Waals surface area contributed by atoms with Gasteiger partial charge in [-0.1, -0.05) is 26.8 Å². The lowest BCUT2D eigenvalue weighted by Gasteiger charge is -2.18. The first-order valence-corrected chi connectivity index (χ1v) is 9.99. The minimum absolute atomic E-state index is 0.164. The fourth-order valence-corrected chi connectivity index (χ4v) is 3.77. The molecule has 0 heterocycles. The van der Waals surface area contributed by atoms with Crippen molar-refractivity contribution in [3.63, 3.8) is 0 Å². The lowest BCUT2D eigenvalue weighted by atomic mass is 9.95. The Morgan fingerprint density at radius 2 is 1.68 bits per heavy atom. The normalized spacial score (nSPS) is 11.8. The molecule has 2 N–H and O–H groups in total. The second-order valence-corrected chi connectivity index (χ2v) is 9.18. The first-order chi connectivity index (χ1) is 12.8. The summed E-state index contributed by atoms with van der Waals surface area (Å²) in [5.41, 5.74) is 0.695. The van der Waals surface area contributed by atoms with Crippen molar-refractivity contribution in [3.05, 3.63) is 57.6 Å². The lowest BCUT2D eigenvalue weighted by molar-refractivity contribution is -0.385. The predicted molar refractivity (Wildman–Crippen MR) is 108 cm³/mol. The molecule has 2 aromatic rings. The maximum absolute atomic E-state index is 12.8. The Labute approximate surface area is 164 Å². The Bertz CT molecular complexity index is 1040. The topological polar surface area (TPSA) is 118 Å². The number of carbonyl (C=O) groups excluding carboxylic acids is 1. The molecule has 0 aromatic heterocycles. The summed E-state index contributed by atoms with van der Waals surface area (Å²) in [5.74, 6) is -0.210. The predicted octanol–water partition coefficient (Wildman–Crippen LogP) is 4.00. The van der Waals surface area contributed by atoms with Gasteiger partial charge in [-0.25, -0.2) is 8.42 Å². The van der Waals surface area contributed by atoms with E-state index >= 15 is 0 Å². The number of rotatable bonds is 5. The Balaban J connectivity index is 2.37. The molecule has 0 aliphatic carbocycles. The van der Waals surface area contributed by atoms with Crippen LogP contribution in [0.15, 0.2) is 41.3 Å². The van der Waals surface area contributed by atoms with Crippen LogP contribution >= 0.6 is 0 Å². The van der Waals surface area contributed by atoms with Crippen molar-refractivity contribution in [1.29, 1.82) is 0 Å². The Morgan fingerprint density at radius 1 is 1.07 bits per heavy atom. The quantitative estimate of drug-likeness (QED) is 0.576. The maximum atomic E-state index is 12.8. The van der Waals surface area contributed by atoms with E-state index in [-0.39, 0.29) is 22.2 Å². The van der Waals surface area contributed by atoms with Crippen molar-refractivity contribution in [2.75, 3.05) is 10.0 Å². The molecule has 9 heteroatoms. The summed E-state index contributed by atoms with van der Waals surface area (Å²) in [6, 6.07) is 8.63. The zero-order chi connectivity index (χ0) is 21.3. The van der Waals surface area contributed by atoms with E-state index < -0.39 is 20.4 Å². The third kappa shape index (κ3) is 4.86. The molecule has 8 nitrogen and oxygen atoms in total. The molecule has 2 rings (SSSR count). The summed E-state index contributed by atoms with van der Waals surface area (Å²) in [4.78, 5) is 22.4. The third-order valence-corrected chi connectivity index (χ3v) is 5.67. The molecule has 28 heavy (non-hydrogen) atoms. The van der Waals surface area contributed by atoms with Crippen LogP contribution in [0.4, 0.5) is 17.1 Å². The van der Waals surface area contributed by atoms with Crippen molar-refractivity contribution in [2.24, 2.45) is 5.41 Å². The SMILES string of the molecule is Cc1cc([N+](=O)[O-])cc(S(=O)(=O)Nc2cccc(NC(=O)C(C)(C)C)c2)c1C. The number of non-ortho nitro benzene ring substituents is 1. The van der Waals surface area contributed by atoms with Gasteiger partial charge in [0.05, 0.1) is 15.5 Å². The highest BCUT2D eigenvalue weighted by atomic mass is 32.2. The second-order valence-electron chi connectivity index (χ2n) is 7.53. The zero-order valence-corrected chi connectivity index (χ0v) is 17.2. The molecule has 0 fully saturated rings. The van der Waals surface area contributed by atoms with Crippen molar-refractivity contribution < 1.29 is 18.1 Å². The highest BCUT2D eigenvalue weighted by Crippen LogP contribution is 2.28. The van der Waals surface area contributed by atoms with Gasteiger partial charge in [0.15, 0.2) is 0 Å². The number of hydrogen-bond donors (Lipinski definition) is 2. The van der Waals surface area contributed by atoms with Gasteiger partial charge in [-0.15, -0.1) is 0 Å². The number of nitro benzene ring substituents is 1. The molecular weight excluding hydrogens is 382 g/mol. The number of carbonyl (C=O) groups is 1. The molecule has 0 bridgehead atoms. The number of anilines is 2. The second kappa shape index (κ2) is 7.59. The van der Waals surface area contributed by atoms with Crippen LogP contribution in [0, 0.1) is 29.4 Å². The number of nitrogens with zero attached hydrogens (tertiary/aromatic N) is 1. The monoisotopic (exact) mass is 405 g/mol. The summed E-state index contributed by atoms with van der Waals surface area (Å²) < 4.78 is 28.1. The fourth-order valence-electron chi connectivity index (χ4n) is 2.38. The van der Waals surface area contributed by atoms with Crippen LogP contribution in [0.3, 0.4) is 0 Å². The van der Waals surface area contributed by atoms with Gasteiger partial charge >= 0.3 is 0 Å². The molecule has 0 aliphatic rings. The molecule has 0 atom stereocenters. The highest BCUT2D eigenvalue weighted by Gasteiger charge is 2.24. The smallest absolute Gasteiger partial charge is 0.271 e. The van der Waals surface area contributed by atoms with Gasteiger partial charge in [-0.2, -0.15) is 0 Å². The van der Waals surface area contributed by atoms with Crippen molar-refractivity contribution in [3.8, 4) is 0 Å². The van der Waals surface area contributed by atoms with Crippen LogP contribution in [0.25, 0.3) is 0 Å². The standard InChI is InChI=1S/C19H23N3O5S/c1-12-9-16(22(24)25)11-17(13(12)2)28(26,27)21-15-8-6-7-14(10-15)20-18(23)19(3,4)5/h6-11,21H,1-5H3,(H,20,23). The van der Waals surface area contributed by atoms with Crippen LogP contribution < -0.4 is 10.0 Å². The van der Waals surface area contributed by atoms with E-state index in [0.717, 1.165) is 6.07 Å². The van der Waals surface area contributed by atoms with E-state index in [1.807, 2.05) is 0 Å². The molecule has 1 amide bonds. The van der Waals surface area contributed by atoms with E-state index in [9.17, 15) is 23.3 Å². The highest BCUT2D eigenvalue weighted by molar-refractivity contribution is 7.92. The average Bonchev–Trinajstić information content (AvgIpc) is 2.55. The van der Waals surface area contributed by atoms with Gasteiger partial charge in [-0.05, 0) is 43.2 Å². The lowest BCUT2D eigenvalue weighted by Crippen LogP contribution is -2.27. The maximum Gasteiger partial charge on any atom is 0.271 e. The van der Waals surface area contributed by atoms with Crippen LogP contribution in [0.1, 0.15) is 31.9 Å². The van der Waals surface area contributed by atoms with Crippen molar-refractivity contribution >= 4 is 33.0 Å². The number of benzene rings is 2. The molecule has 0 unspecified atom stereocenters. The summed E-state index contributed by atoms with van der Waals surface area (Å²) in [7, 11) is -4.06. The largest absolute Gasteiger partial charge is 0.326 e. The van der Waals surface area contributed by atoms with Gasteiger partial charge in [0.1, 0.15) is 0 Å². The van der Waals surface area contributed by atoms with Gasteiger partial charge in [-0.3, -0.25) is 19.6 Å². The van der Waals surface area contributed by atoms with Crippen molar-refractivity contribution in [2.45, 2.75) is 39.5 Å². The molecule has 0 radical (unpaired) electrons. The van der Waals surface area contributed by atoms with Gasteiger partial charge in [0.2, 0.25) is 5.91 Å². The number of aryl methyl sites for hydroxylation is 1. The van der Waals surface area contributed by atoms with Crippen LogP contribution in [-0.4, -0.2) is 19.2 Å². The molecule has 0 aliphatic heterocycles. The Morgan fingerprint density at radius 3 is 2.25 bits per heavy atom. The first-order valence-electron chi connectivity index (χ1n) is 8.51. The van der Waals surface area contributed by atoms with E-state index in [0.29, 0.717) is 16.8 Å². The summed E-state index contributed by atoms with van der Waals surface area (Å²) in [6.45, 7) is 8.50. The fraction of sp³-hybridized carbons (Fsp3) is 0.316. The first kappa shape index (κ1) is 21.4. The molecule has 0 spiro atoms. The van der Waals surface area contributed by atoms with Gasteiger partial charge in [0, 0.05) is 23.2 Å². The number of sulfonamides is 1. The van der Waals surface area contributed by atoms with Gasteiger partial charge < -0.3 is 5.32 Å². The Kier molecular flexibility index (Phi) is 5.79. The zero-order valence-electron chi connectivity index (χ0n) is 16.4. The Hall–Kier alpha value is -2.94. The molecule has 0 saturated carbocycles. The van der Waals surface area contributed by atoms with E-state index in [2.05, 4.69) is 10.0 Å². The minimum atomic E-state index is -4.06. The molecule has 2 aromatic carbocycles. The van der Waals surface area contributed by atoms with Crippen LogP contribution in [-0.2, 0) is 14.8 Å². The van der Waals surface area contributed by atoms with E-state index in [1.165, 1.54) is 18.2 Å². The summed E-state index contributed by atoms with van der Waals surface area (Å²) >= 11 is 0. The van der Waals surface area contributed by atoms with E-state index in [1.54, 1.807) is 46.8 Å². The van der Waals surface area contributed by atoms with E-state index in [4.69, 9.17) is 0 Å². The molecule has 0 saturated heterocycles.